The Balaban J connectivity index is 1.68. The minimum absolute atomic E-state index is 0.0580. The molecule has 0 bridgehead atoms. The Bertz CT molecular complexity index is 413. The average molecular weight is 250 g/mol. The van der Waals surface area contributed by atoms with E-state index in [1.165, 1.54) is 12.2 Å². The van der Waals surface area contributed by atoms with Crippen LogP contribution in [0.25, 0.3) is 0 Å². The van der Waals surface area contributed by atoms with Crippen LogP contribution in [0.5, 0.6) is 0 Å². The molecule has 0 saturated heterocycles. The molecule has 0 amide bonds. The van der Waals surface area contributed by atoms with Gasteiger partial charge in [-0.2, -0.15) is 0 Å². The van der Waals surface area contributed by atoms with E-state index in [0.29, 0.717) is 6.04 Å². The van der Waals surface area contributed by atoms with Crippen molar-refractivity contribution in [2.24, 2.45) is 0 Å². The number of likely N-dealkylation sites (N-methyl/N-ethyl adjacent to an activating group) is 1. The fourth-order valence-electron chi connectivity index (χ4n) is 3.36. The van der Waals surface area contributed by atoms with Gasteiger partial charge in [0.05, 0.1) is 13.2 Å². The van der Waals surface area contributed by atoms with E-state index in [9.17, 15) is 5.11 Å². The van der Waals surface area contributed by atoms with E-state index in [1.54, 1.807) is 0 Å². The van der Waals surface area contributed by atoms with Gasteiger partial charge in [0.15, 0.2) is 0 Å². The SMILES string of the molecule is CNC1(CO)CCC(N2CCn3ccnc3C2)C1. The summed E-state index contributed by atoms with van der Waals surface area (Å²) in [6.45, 7) is 3.32. The van der Waals surface area contributed by atoms with Crippen molar-refractivity contribution in [2.45, 2.75) is 43.9 Å². The molecule has 1 aromatic heterocycles. The van der Waals surface area contributed by atoms with Crippen LogP contribution in [0.3, 0.4) is 0 Å². The normalized spacial score (nSPS) is 32.7. The molecule has 2 N–H and O–H groups in total. The second-order valence-electron chi connectivity index (χ2n) is 5.59. The lowest BCUT2D eigenvalue weighted by Crippen LogP contribution is -2.47. The van der Waals surface area contributed by atoms with Gasteiger partial charge in [-0.05, 0) is 26.3 Å². The number of hydrogen-bond acceptors (Lipinski definition) is 4. The monoisotopic (exact) mass is 250 g/mol. The molecule has 1 aliphatic carbocycles. The lowest BCUT2D eigenvalue weighted by molar-refractivity contribution is 0.128. The van der Waals surface area contributed by atoms with Crippen molar-refractivity contribution in [1.82, 2.24) is 19.8 Å². The van der Waals surface area contributed by atoms with Gasteiger partial charge in [0.25, 0.3) is 0 Å². The van der Waals surface area contributed by atoms with E-state index in [2.05, 4.69) is 26.0 Å². The van der Waals surface area contributed by atoms with E-state index in [0.717, 1.165) is 32.5 Å². The summed E-state index contributed by atoms with van der Waals surface area (Å²) in [5.74, 6) is 1.17. The molecule has 0 aromatic carbocycles. The Morgan fingerprint density at radius 3 is 3.17 bits per heavy atom. The maximum atomic E-state index is 9.56. The zero-order valence-electron chi connectivity index (χ0n) is 11.0. The second kappa shape index (κ2) is 4.64. The maximum Gasteiger partial charge on any atom is 0.122 e. The van der Waals surface area contributed by atoms with Crippen LogP contribution in [0.2, 0.25) is 0 Å². The number of aliphatic hydroxyl groups excluding tert-OH is 1. The van der Waals surface area contributed by atoms with Gasteiger partial charge in [-0.25, -0.2) is 4.98 Å². The van der Waals surface area contributed by atoms with Crippen LogP contribution >= 0.6 is 0 Å². The molecule has 1 saturated carbocycles. The standard InChI is InChI=1S/C13H22N4O/c1-14-13(10-18)3-2-11(8-13)17-7-6-16-5-4-15-12(16)9-17/h4-5,11,14,18H,2-3,6-10H2,1H3. The highest BCUT2D eigenvalue weighted by molar-refractivity contribution is 5.02. The molecule has 18 heavy (non-hydrogen) atoms. The van der Waals surface area contributed by atoms with E-state index < -0.39 is 0 Å². The molecule has 2 atom stereocenters. The van der Waals surface area contributed by atoms with E-state index in [1.807, 2.05) is 13.2 Å². The summed E-state index contributed by atoms with van der Waals surface area (Å²) < 4.78 is 2.24. The molecule has 5 heteroatoms. The highest BCUT2D eigenvalue weighted by Crippen LogP contribution is 2.33. The summed E-state index contributed by atoms with van der Waals surface area (Å²) >= 11 is 0. The van der Waals surface area contributed by atoms with Crippen molar-refractivity contribution >= 4 is 0 Å². The zero-order valence-corrected chi connectivity index (χ0v) is 11.0. The lowest BCUT2D eigenvalue weighted by Gasteiger charge is -2.34. The fraction of sp³-hybridized carbons (Fsp3) is 0.769. The molecular weight excluding hydrogens is 228 g/mol. The van der Waals surface area contributed by atoms with Crippen molar-refractivity contribution in [1.29, 1.82) is 0 Å². The molecule has 2 aliphatic rings. The van der Waals surface area contributed by atoms with Crippen LogP contribution in [0.1, 0.15) is 25.1 Å². The van der Waals surface area contributed by atoms with E-state index in [4.69, 9.17) is 0 Å². The molecule has 100 valence electrons. The maximum absolute atomic E-state index is 9.56. The zero-order chi connectivity index (χ0) is 12.6. The third-order valence-corrected chi connectivity index (χ3v) is 4.71. The van der Waals surface area contributed by atoms with Gasteiger partial charge in [0.2, 0.25) is 0 Å². The first-order valence-electron chi connectivity index (χ1n) is 6.80. The summed E-state index contributed by atoms with van der Waals surface area (Å²) in [5.41, 5.74) is -0.0580. The van der Waals surface area contributed by atoms with E-state index >= 15 is 0 Å². The minimum atomic E-state index is -0.0580. The Morgan fingerprint density at radius 1 is 1.56 bits per heavy atom. The van der Waals surface area contributed by atoms with Crippen molar-refractivity contribution in [3.63, 3.8) is 0 Å². The highest BCUT2D eigenvalue weighted by atomic mass is 16.3. The van der Waals surface area contributed by atoms with Gasteiger partial charge in [0, 0.05) is 37.1 Å². The van der Waals surface area contributed by atoms with Crippen LogP contribution in [-0.4, -0.2) is 51.3 Å². The Kier molecular flexibility index (Phi) is 3.13. The molecule has 3 rings (SSSR count). The summed E-state index contributed by atoms with van der Waals surface area (Å²) in [6, 6.07) is 0.579. The van der Waals surface area contributed by atoms with Crippen LogP contribution in [-0.2, 0) is 13.1 Å². The number of aliphatic hydroxyl groups is 1. The topological polar surface area (TPSA) is 53.3 Å². The van der Waals surface area contributed by atoms with Gasteiger partial charge in [-0.15, -0.1) is 0 Å². The molecule has 1 aliphatic heterocycles. The van der Waals surface area contributed by atoms with Crippen LogP contribution in [0.4, 0.5) is 0 Å². The van der Waals surface area contributed by atoms with Gasteiger partial charge < -0.3 is 15.0 Å². The highest BCUT2D eigenvalue weighted by Gasteiger charge is 2.40. The molecule has 5 nitrogen and oxygen atoms in total. The number of imidazole rings is 1. The number of nitrogens with zero attached hydrogens (tertiary/aromatic N) is 3. The first-order chi connectivity index (χ1) is 8.76. The average Bonchev–Trinajstić information content (AvgIpc) is 3.05. The quantitative estimate of drug-likeness (QED) is 0.805. The summed E-state index contributed by atoms with van der Waals surface area (Å²) in [4.78, 5) is 6.94. The first kappa shape index (κ1) is 12.1. The predicted molar refractivity (Wildman–Crippen MR) is 69.2 cm³/mol. The van der Waals surface area contributed by atoms with Crippen molar-refractivity contribution in [3.05, 3.63) is 18.2 Å². The third-order valence-electron chi connectivity index (χ3n) is 4.71. The molecule has 0 spiro atoms. The number of fused-ring (bicyclic) bond motifs is 1. The van der Waals surface area contributed by atoms with Crippen molar-refractivity contribution < 1.29 is 5.11 Å². The van der Waals surface area contributed by atoms with Crippen LogP contribution < -0.4 is 5.32 Å². The second-order valence-corrected chi connectivity index (χ2v) is 5.59. The summed E-state index contributed by atoms with van der Waals surface area (Å²) in [7, 11) is 1.96. The number of hydrogen-bond donors (Lipinski definition) is 2. The van der Waals surface area contributed by atoms with Crippen molar-refractivity contribution in [3.8, 4) is 0 Å². The minimum Gasteiger partial charge on any atom is -0.394 e. The number of nitrogens with one attached hydrogen (secondary N) is 1. The molecule has 2 unspecified atom stereocenters. The first-order valence-corrected chi connectivity index (χ1v) is 6.80. The molecular formula is C13H22N4O. The smallest absolute Gasteiger partial charge is 0.122 e. The van der Waals surface area contributed by atoms with Gasteiger partial charge in [-0.1, -0.05) is 0 Å². The summed E-state index contributed by atoms with van der Waals surface area (Å²) in [6.07, 6.45) is 7.23. The lowest BCUT2D eigenvalue weighted by atomic mass is 9.99. The number of rotatable bonds is 3. The molecule has 1 aromatic rings. The predicted octanol–water partition coefficient (Wildman–Crippen LogP) is 0.202. The Morgan fingerprint density at radius 2 is 2.44 bits per heavy atom. The summed E-state index contributed by atoms with van der Waals surface area (Å²) in [5, 5.41) is 12.9. The molecule has 1 fully saturated rings. The molecule has 2 heterocycles. The van der Waals surface area contributed by atoms with Gasteiger partial charge in [0.1, 0.15) is 5.82 Å². The van der Waals surface area contributed by atoms with Gasteiger partial charge >= 0.3 is 0 Å². The fourth-order valence-corrected chi connectivity index (χ4v) is 3.36. The van der Waals surface area contributed by atoms with Crippen LogP contribution in [0.15, 0.2) is 12.4 Å². The van der Waals surface area contributed by atoms with Gasteiger partial charge in [-0.3, -0.25) is 4.90 Å². The third kappa shape index (κ3) is 1.96. The Labute approximate surface area is 108 Å². The van der Waals surface area contributed by atoms with Crippen LogP contribution in [0, 0.1) is 0 Å². The largest absolute Gasteiger partial charge is 0.394 e. The molecule has 0 radical (unpaired) electrons. The Hall–Kier alpha value is -0.910. The van der Waals surface area contributed by atoms with E-state index in [-0.39, 0.29) is 12.1 Å². The van der Waals surface area contributed by atoms with Crippen molar-refractivity contribution in [2.75, 3.05) is 20.2 Å². The number of aromatic nitrogens is 2.